The van der Waals surface area contributed by atoms with Crippen molar-refractivity contribution in [2.45, 2.75) is 6.42 Å². The van der Waals surface area contributed by atoms with Crippen molar-refractivity contribution in [2.24, 2.45) is 0 Å². The van der Waals surface area contributed by atoms with Crippen LogP contribution in [0.2, 0.25) is 0 Å². The Hall–Kier alpha value is -5.87. The molecule has 7 nitrogen and oxygen atoms in total. The SMILES string of the molecule is Ic1ccccc1.O=[N+]([O-])c1ccccc1-c1ccc2c(c1)CC=C2.O=[N+]([O-])c1ccccc1-c1ccc2ccn(-c3ccccc3)c2c1. The van der Waals surface area contributed by atoms with E-state index in [1.165, 1.54) is 20.8 Å². The van der Waals surface area contributed by atoms with Crippen LogP contribution in [-0.4, -0.2) is 14.4 Å². The lowest BCUT2D eigenvalue weighted by Gasteiger charge is -2.08. The number of fused-ring (bicyclic) bond motifs is 2. The molecule has 1 aliphatic carbocycles. The van der Waals surface area contributed by atoms with E-state index in [0.29, 0.717) is 11.1 Å². The zero-order valence-corrected chi connectivity index (χ0v) is 28.4. The molecule has 1 heterocycles. The minimum Gasteiger partial charge on any atom is -0.317 e. The summed E-state index contributed by atoms with van der Waals surface area (Å²) in [5.74, 6) is 0. The number of rotatable bonds is 5. The molecule has 1 aromatic heterocycles. The lowest BCUT2D eigenvalue weighted by molar-refractivity contribution is -0.384. The summed E-state index contributed by atoms with van der Waals surface area (Å²) in [6, 6.07) is 47.9. The van der Waals surface area contributed by atoms with Crippen LogP contribution in [0.15, 0.2) is 164 Å². The average molecular weight is 756 g/mol. The van der Waals surface area contributed by atoms with E-state index < -0.39 is 0 Å². The lowest BCUT2D eigenvalue weighted by Crippen LogP contribution is -1.93. The molecule has 240 valence electrons. The van der Waals surface area contributed by atoms with Crippen LogP contribution >= 0.6 is 22.6 Å². The van der Waals surface area contributed by atoms with Crippen LogP contribution in [0.25, 0.3) is 44.9 Å². The number of aromatic nitrogens is 1. The Labute approximate surface area is 297 Å². The van der Waals surface area contributed by atoms with Gasteiger partial charge in [0.1, 0.15) is 0 Å². The highest BCUT2D eigenvalue weighted by atomic mass is 127. The lowest BCUT2D eigenvalue weighted by atomic mass is 9.99. The van der Waals surface area contributed by atoms with Crippen molar-refractivity contribution in [1.29, 1.82) is 0 Å². The van der Waals surface area contributed by atoms with Gasteiger partial charge in [0.15, 0.2) is 0 Å². The molecule has 0 saturated carbocycles. The van der Waals surface area contributed by atoms with Gasteiger partial charge in [0.25, 0.3) is 11.4 Å². The minimum atomic E-state index is -0.338. The summed E-state index contributed by atoms with van der Waals surface area (Å²) in [6.07, 6.45) is 7.11. The monoisotopic (exact) mass is 755 g/mol. The van der Waals surface area contributed by atoms with Gasteiger partial charge in [0.2, 0.25) is 0 Å². The Morgan fingerprint density at radius 1 is 0.592 bits per heavy atom. The molecule has 49 heavy (non-hydrogen) atoms. The summed E-state index contributed by atoms with van der Waals surface area (Å²) in [5, 5.41) is 23.4. The molecule has 1 aliphatic rings. The fraction of sp³-hybridized carbons (Fsp3) is 0.0244. The van der Waals surface area contributed by atoms with E-state index in [-0.39, 0.29) is 21.2 Å². The molecule has 0 saturated heterocycles. The van der Waals surface area contributed by atoms with Crippen LogP contribution < -0.4 is 0 Å². The molecule has 0 aliphatic heterocycles. The first-order valence-corrected chi connectivity index (χ1v) is 16.6. The van der Waals surface area contributed by atoms with E-state index >= 15 is 0 Å². The quantitative estimate of drug-likeness (QED) is 0.0993. The van der Waals surface area contributed by atoms with E-state index in [4.69, 9.17) is 0 Å². The fourth-order valence-corrected chi connectivity index (χ4v) is 6.12. The highest BCUT2D eigenvalue weighted by Crippen LogP contribution is 2.34. The Morgan fingerprint density at radius 3 is 1.73 bits per heavy atom. The molecular weight excluding hydrogens is 725 g/mol. The molecule has 0 radical (unpaired) electrons. The van der Waals surface area contributed by atoms with Gasteiger partial charge in [0.05, 0.1) is 26.5 Å². The zero-order chi connectivity index (χ0) is 34.2. The third kappa shape index (κ3) is 7.82. The molecule has 7 aromatic rings. The average Bonchev–Trinajstić information content (AvgIpc) is 3.79. The van der Waals surface area contributed by atoms with Gasteiger partial charge in [0, 0.05) is 27.6 Å². The molecule has 0 atom stereocenters. The van der Waals surface area contributed by atoms with E-state index in [9.17, 15) is 20.2 Å². The predicted octanol–water partition coefficient (Wildman–Crippen LogP) is 11.3. The first-order valence-electron chi connectivity index (χ1n) is 15.5. The van der Waals surface area contributed by atoms with Crippen molar-refractivity contribution in [2.75, 3.05) is 0 Å². The number of hydrogen-bond donors (Lipinski definition) is 0. The molecule has 6 aromatic carbocycles. The maximum absolute atomic E-state index is 11.3. The maximum Gasteiger partial charge on any atom is 0.277 e. The van der Waals surface area contributed by atoms with Gasteiger partial charge in [-0.25, -0.2) is 0 Å². The maximum atomic E-state index is 11.3. The largest absolute Gasteiger partial charge is 0.317 e. The third-order valence-corrected chi connectivity index (χ3v) is 8.78. The molecule has 0 fully saturated rings. The molecule has 0 spiro atoms. The third-order valence-electron chi connectivity index (χ3n) is 8.06. The summed E-state index contributed by atoms with van der Waals surface area (Å²) in [5.41, 5.74) is 7.85. The van der Waals surface area contributed by atoms with Crippen molar-refractivity contribution in [1.82, 2.24) is 4.57 Å². The smallest absolute Gasteiger partial charge is 0.277 e. The fourth-order valence-electron chi connectivity index (χ4n) is 5.70. The van der Waals surface area contributed by atoms with Crippen LogP contribution in [0.5, 0.6) is 0 Å². The number of hydrogen-bond acceptors (Lipinski definition) is 4. The molecule has 8 heteroatoms. The van der Waals surface area contributed by atoms with E-state index in [0.717, 1.165) is 34.1 Å². The van der Waals surface area contributed by atoms with Gasteiger partial charge in [-0.15, -0.1) is 0 Å². The highest BCUT2D eigenvalue weighted by molar-refractivity contribution is 14.1. The molecule has 8 rings (SSSR count). The standard InChI is InChI=1S/C20H14N2O2.C15H11NO2.C6H5I/c23-22(24)19-9-5-4-8-18(19)16-11-10-15-12-13-21(20(15)14-16)17-6-2-1-3-7-17;17-16(18)15-7-2-1-6-14(15)13-9-8-11-4-3-5-12(11)10-13;7-6-4-2-1-3-5-6/h1-14H;1-4,6-10H,5H2;1-5H. The van der Waals surface area contributed by atoms with Crippen molar-refractivity contribution in [3.8, 4) is 27.9 Å². The van der Waals surface area contributed by atoms with Crippen molar-refractivity contribution >= 4 is 50.9 Å². The van der Waals surface area contributed by atoms with E-state index in [1.807, 2.05) is 109 Å². The topological polar surface area (TPSA) is 91.2 Å². The van der Waals surface area contributed by atoms with Gasteiger partial charge in [-0.1, -0.05) is 97.1 Å². The number of halogens is 1. The Morgan fingerprint density at radius 2 is 1.14 bits per heavy atom. The van der Waals surface area contributed by atoms with Gasteiger partial charge < -0.3 is 4.57 Å². The number of benzene rings is 6. The number of allylic oxidation sites excluding steroid dienone is 1. The normalized spacial score (nSPS) is 11.1. The number of nitro benzene ring substituents is 2. The van der Waals surface area contributed by atoms with Gasteiger partial charge in [-0.3, -0.25) is 20.2 Å². The Balaban J connectivity index is 0.000000146. The molecular formula is C41H30IN3O4. The van der Waals surface area contributed by atoms with Crippen molar-refractivity contribution in [3.63, 3.8) is 0 Å². The van der Waals surface area contributed by atoms with Gasteiger partial charge in [-0.2, -0.15) is 0 Å². The molecule has 0 amide bonds. The second-order valence-corrected chi connectivity index (χ2v) is 12.4. The van der Waals surface area contributed by atoms with Crippen LogP contribution in [-0.2, 0) is 6.42 Å². The van der Waals surface area contributed by atoms with E-state index in [1.54, 1.807) is 30.3 Å². The number of nitrogens with zero attached hydrogens (tertiary/aromatic N) is 3. The number of nitro groups is 2. The first-order chi connectivity index (χ1) is 23.9. The van der Waals surface area contributed by atoms with E-state index in [2.05, 4.69) is 51.4 Å². The van der Waals surface area contributed by atoms with Crippen molar-refractivity contribution in [3.05, 3.63) is 199 Å². The molecule has 0 unspecified atom stereocenters. The molecule has 0 N–H and O–H groups in total. The van der Waals surface area contributed by atoms with Crippen LogP contribution in [0, 0.1) is 23.8 Å². The van der Waals surface area contributed by atoms with Gasteiger partial charge >= 0.3 is 0 Å². The number of para-hydroxylation sites is 3. The summed E-state index contributed by atoms with van der Waals surface area (Å²) in [7, 11) is 0. The highest BCUT2D eigenvalue weighted by Gasteiger charge is 2.16. The molecule has 0 bridgehead atoms. The second kappa shape index (κ2) is 15.4. The predicted molar refractivity (Wildman–Crippen MR) is 206 cm³/mol. The zero-order valence-electron chi connectivity index (χ0n) is 26.2. The minimum absolute atomic E-state index is 0.120. The second-order valence-electron chi connectivity index (χ2n) is 11.2. The summed E-state index contributed by atoms with van der Waals surface area (Å²) in [6.45, 7) is 0. The summed E-state index contributed by atoms with van der Waals surface area (Å²) >= 11 is 2.28. The summed E-state index contributed by atoms with van der Waals surface area (Å²) in [4.78, 5) is 21.6. The van der Waals surface area contributed by atoms with Crippen LogP contribution in [0.1, 0.15) is 11.1 Å². The summed E-state index contributed by atoms with van der Waals surface area (Å²) < 4.78 is 3.38. The Kier molecular flexibility index (Phi) is 10.4. The van der Waals surface area contributed by atoms with Gasteiger partial charge in [-0.05, 0) is 111 Å². The van der Waals surface area contributed by atoms with Crippen LogP contribution in [0.3, 0.4) is 0 Å². The first kappa shape index (κ1) is 33.0. The van der Waals surface area contributed by atoms with Crippen LogP contribution in [0.4, 0.5) is 11.4 Å². The van der Waals surface area contributed by atoms with Crippen molar-refractivity contribution < 1.29 is 9.85 Å². The Bertz CT molecular complexity index is 2280.